The number of nitrogens with zero attached hydrogens (tertiary/aromatic N) is 5. The van der Waals surface area contributed by atoms with Gasteiger partial charge in [-0.2, -0.15) is 0 Å². The zero-order valence-corrected chi connectivity index (χ0v) is 22.5. The molecule has 10 nitrogen and oxygen atoms in total. The van der Waals surface area contributed by atoms with E-state index in [1.165, 1.54) is 18.5 Å². The Morgan fingerprint density at radius 3 is 2.67 bits per heavy atom. The second-order valence-electron chi connectivity index (χ2n) is 10.4. The molecule has 1 aliphatic carbocycles. The summed E-state index contributed by atoms with van der Waals surface area (Å²) in [6.45, 7) is 2.16. The summed E-state index contributed by atoms with van der Waals surface area (Å²) < 4.78 is 29.0. The number of amides is 1. The third-order valence-electron chi connectivity index (χ3n) is 7.49. The van der Waals surface area contributed by atoms with Crippen LogP contribution in [-0.2, 0) is 21.1 Å². The number of hydrogen-bond acceptors (Lipinski definition) is 9. The Morgan fingerprint density at radius 1 is 1.10 bits per heavy atom. The van der Waals surface area contributed by atoms with E-state index in [1.54, 1.807) is 13.3 Å². The van der Waals surface area contributed by atoms with Crippen LogP contribution < -0.4 is 10.2 Å². The maximum Gasteiger partial charge on any atom is 0.253 e. The van der Waals surface area contributed by atoms with Crippen LogP contribution in [0.5, 0.6) is 0 Å². The highest BCUT2D eigenvalue weighted by molar-refractivity contribution is 7.90. The summed E-state index contributed by atoms with van der Waals surface area (Å²) in [5.74, 6) is 0.512. The van der Waals surface area contributed by atoms with Crippen LogP contribution in [0.25, 0.3) is 22.3 Å². The summed E-state index contributed by atoms with van der Waals surface area (Å²) in [7, 11) is -1.68. The maximum absolute atomic E-state index is 12.6. The number of ether oxygens (including phenoxy) is 1. The van der Waals surface area contributed by atoms with Crippen molar-refractivity contribution < 1.29 is 19.4 Å². The van der Waals surface area contributed by atoms with Crippen LogP contribution in [0.1, 0.15) is 30.3 Å². The van der Waals surface area contributed by atoms with Gasteiger partial charge < -0.3 is 15.0 Å². The molecule has 5 heterocycles. The van der Waals surface area contributed by atoms with Crippen LogP contribution in [0.2, 0.25) is 0 Å². The number of sulfone groups is 1. The molecular weight excluding hydrogens is 516 g/mol. The summed E-state index contributed by atoms with van der Waals surface area (Å²) in [5.41, 5.74) is 3.45. The molecule has 6 rings (SSSR count). The molecule has 1 N–H and O–H groups in total. The summed E-state index contributed by atoms with van der Waals surface area (Å²) in [4.78, 5) is 32.9. The molecule has 4 aromatic rings. The van der Waals surface area contributed by atoms with Crippen molar-refractivity contribution in [3.05, 3.63) is 72.3 Å². The molecular formula is C28H30N6O4S. The molecule has 1 saturated carbocycles. The molecule has 0 atom stereocenters. The van der Waals surface area contributed by atoms with Crippen LogP contribution in [0.4, 0.5) is 5.82 Å². The molecule has 1 spiro atoms. The van der Waals surface area contributed by atoms with Gasteiger partial charge in [-0.1, -0.05) is 6.07 Å². The highest BCUT2D eigenvalue weighted by atomic mass is 32.2. The van der Waals surface area contributed by atoms with E-state index in [0.717, 1.165) is 60.3 Å². The Hall–Kier alpha value is -3.96. The molecule has 0 bridgehead atoms. The number of methoxy groups -OCH3 is 1. The summed E-state index contributed by atoms with van der Waals surface area (Å²) in [6, 6.07) is 13.0. The first-order valence-corrected chi connectivity index (χ1v) is 14.5. The molecule has 1 aliphatic heterocycles. The van der Waals surface area contributed by atoms with E-state index in [9.17, 15) is 13.2 Å². The lowest BCUT2D eigenvalue weighted by Gasteiger charge is -2.59. The van der Waals surface area contributed by atoms with Crippen molar-refractivity contribution in [3.63, 3.8) is 0 Å². The number of carbonyl (C=O) groups is 1. The molecule has 39 heavy (non-hydrogen) atoms. The van der Waals surface area contributed by atoms with Gasteiger partial charge in [0.1, 0.15) is 5.82 Å². The molecule has 1 saturated heterocycles. The number of aromatic nitrogens is 4. The Morgan fingerprint density at radius 2 is 1.90 bits per heavy atom. The number of rotatable bonds is 7. The first-order valence-electron chi connectivity index (χ1n) is 12.7. The third-order valence-corrected chi connectivity index (χ3v) is 8.57. The van der Waals surface area contributed by atoms with Crippen LogP contribution in [0, 0.1) is 5.41 Å². The zero-order chi connectivity index (χ0) is 27.2. The van der Waals surface area contributed by atoms with E-state index in [2.05, 4.69) is 20.2 Å². The van der Waals surface area contributed by atoms with E-state index in [1.807, 2.05) is 36.4 Å². The van der Waals surface area contributed by atoms with E-state index in [-0.39, 0.29) is 18.4 Å². The fourth-order valence-electron chi connectivity index (χ4n) is 5.31. The van der Waals surface area contributed by atoms with Crippen LogP contribution in [0.15, 0.2) is 66.0 Å². The Bertz CT molecular complexity index is 1690. The highest BCUT2D eigenvalue weighted by Crippen LogP contribution is 2.50. The number of anilines is 1. The molecule has 4 aromatic heterocycles. The quantitative estimate of drug-likeness (QED) is 0.371. The summed E-state index contributed by atoms with van der Waals surface area (Å²) in [6.07, 6.45) is 7.97. The zero-order valence-electron chi connectivity index (χ0n) is 21.7. The first kappa shape index (κ1) is 25.3. The van der Waals surface area contributed by atoms with Crippen molar-refractivity contribution in [2.75, 3.05) is 31.4 Å². The lowest BCUT2D eigenvalue weighted by Crippen LogP contribution is -2.64. The van der Waals surface area contributed by atoms with Gasteiger partial charge in [0.05, 0.1) is 45.7 Å². The van der Waals surface area contributed by atoms with E-state index < -0.39 is 15.7 Å². The molecule has 2 aliphatic rings. The van der Waals surface area contributed by atoms with Crippen LogP contribution >= 0.6 is 0 Å². The summed E-state index contributed by atoms with van der Waals surface area (Å²) >= 11 is 0. The lowest BCUT2D eigenvalue weighted by atomic mass is 9.62. The average molecular weight is 547 g/mol. The minimum absolute atomic E-state index is 0. The summed E-state index contributed by atoms with van der Waals surface area (Å²) in [5, 5.41) is 3.64. The molecule has 202 valence electrons. The van der Waals surface area contributed by atoms with Gasteiger partial charge in [-0.3, -0.25) is 14.8 Å². The standard InChI is InChI=1S/C28H28N6O4S.H2/c1-38-21-10-28(11-21)16-34(17-28)26-5-3-4-23(33-26)24-7-6-18-13-30-20(9-25(18)32-24)14-31-27(35)19-8-22(15-29-12-19)39(2,36)37;/h3-9,12-13,15,21H,10-11,14,16-17H2,1-2H3,(H,31,35);1H. The predicted octanol–water partition coefficient (Wildman–Crippen LogP) is 3.28. The van der Waals surface area contributed by atoms with Crippen molar-refractivity contribution in [2.45, 2.75) is 30.4 Å². The highest BCUT2D eigenvalue weighted by Gasteiger charge is 2.52. The van der Waals surface area contributed by atoms with Gasteiger partial charge in [-0.15, -0.1) is 0 Å². The lowest BCUT2D eigenvalue weighted by molar-refractivity contribution is -0.0733. The van der Waals surface area contributed by atoms with Gasteiger partial charge in [0.15, 0.2) is 9.84 Å². The van der Waals surface area contributed by atoms with Crippen molar-refractivity contribution in [3.8, 4) is 11.4 Å². The van der Waals surface area contributed by atoms with Gasteiger partial charge in [0.2, 0.25) is 0 Å². The van der Waals surface area contributed by atoms with Crippen molar-refractivity contribution in [1.82, 2.24) is 25.3 Å². The number of nitrogens with one attached hydrogen (secondary N) is 1. The van der Waals surface area contributed by atoms with Gasteiger partial charge >= 0.3 is 0 Å². The third kappa shape index (κ3) is 5.07. The van der Waals surface area contributed by atoms with Gasteiger partial charge in [0.25, 0.3) is 5.91 Å². The fourth-order valence-corrected chi connectivity index (χ4v) is 5.91. The van der Waals surface area contributed by atoms with Crippen molar-refractivity contribution in [1.29, 1.82) is 0 Å². The monoisotopic (exact) mass is 546 g/mol. The Balaban J connectivity index is 0.00000323. The largest absolute Gasteiger partial charge is 0.381 e. The molecule has 2 fully saturated rings. The molecule has 1 amide bonds. The van der Waals surface area contributed by atoms with Gasteiger partial charge in [0, 0.05) is 57.3 Å². The Kier molecular flexibility index (Phi) is 6.27. The average Bonchev–Trinajstić information content (AvgIpc) is 2.89. The molecule has 0 unspecified atom stereocenters. The second kappa shape index (κ2) is 9.65. The molecule has 0 radical (unpaired) electrons. The topological polar surface area (TPSA) is 127 Å². The van der Waals surface area contributed by atoms with Crippen molar-refractivity contribution >= 4 is 32.5 Å². The van der Waals surface area contributed by atoms with Gasteiger partial charge in [-0.25, -0.2) is 18.4 Å². The van der Waals surface area contributed by atoms with Crippen LogP contribution in [-0.4, -0.2) is 66.8 Å². The number of hydrogen-bond donors (Lipinski definition) is 1. The first-order chi connectivity index (χ1) is 18.7. The second-order valence-corrected chi connectivity index (χ2v) is 12.4. The molecule has 11 heteroatoms. The minimum Gasteiger partial charge on any atom is -0.381 e. The SMILES string of the molecule is COC1CC2(C1)CN(c1cccc(-c3ccc4cnc(CNC(=O)c5cncc(S(C)(=O)=O)c5)cc4n3)n1)C2.[HH]. The normalized spacial score (nSPS) is 16.6. The Labute approximate surface area is 227 Å². The number of fused-ring (bicyclic) bond motifs is 1. The minimum atomic E-state index is -3.47. The van der Waals surface area contributed by atoms with Gasteiger partial charge in [-0.05, 0) is 49.2 Å². The van der Waals surface area contributed by atoms with E-state index >= 15 is 0 Å². The van der Waals surface area contributed by atoms with E-state index in [4.69, 9.17) is 14.7 Å². The number of pyridine rings is 4. The molecule has 0 aromatic carbocycles. The van der Waals surface area contributed by atoms with Crippen LogP contribution in [0.3, 0.4) is 0 Å². The maximum atomic E-state index is 12.6. The fraction of sp³-hybridized carbons (Fsp3) is 0.321. The van der Waals surface area contributed by atoms with Crippen molar-refractivity contribution in [2.24, 2.45) is 5.41 Å². The number of carbonyl (C=O) groups excluding carboxylic acids is 1. The predicted molar refractivity (Wildman–Crippen MR) is 148 cm³/mol. The smallest absolute Gasteiger partial charge is 0.253 e. The van der Waals surface area contributed by atoms with E-state index in [0.29, 0.717) is 17.2 Å².